The highest BCUT2D eigenvalue weighted by Crippen LogP contribution is 2.14. The Balaban J connectivity index is 1.93. The number of aromatic nitrogens is 4. The SMILES string of the molecule is CCn1nc(C)c(CNC(=O)c2nn(C)c3ccc(C)cc3c2=O)c1C. The molecule has 0 fully saturated rings. The summed E-state index contributed by atoms with van der Waals surface area (Å²) in [7, 11) is 1.73. The van der Waals surface area contributed by atoms with Crippen LogP contribution in [0.1, 0.15) is 39.9 Å². The minimum atomic E-state index is -0.475. The third-order valence-corrected chi connectivity index (χ3v) is 4.68. The van der Waals surface area contributed by atoms with Gasteiger partial charge in [0.05, 0.1) is 16.6 Å². The summed E-state index contributed by atoms with van der Waals surface area (Å²) < 4.78 is 3.46. The molecule has 1 N–H and O–H groups in total. The van der Waals surface area contributed by atoms with Crippen LogP contribution in [0, 0.1) is 20.8 Å². The predicted octanol–water partition coefficient (Wildman–Crippen LogP) is 2.01. The third-order valence-electron chi connectivity index (χ3n) is 4.68. The van der Waals surface area contributed by atoms with Crippen molar-refractivity contribution in [3.05, 3.63) is 56.6 Å². The first kappa shape index (κ1) is 17.8. The zero-order chi connectivity index (χ0) is 19.0. The number of carbonyl (C=O) groups is 1. The highest BCUT2D eigenvalue weighted by atomic mass is 16.2. The number of hydrogen-bond donors (Lipinski definition) is 1. The number of carbonyl (C=O) groups excluding carboxylic acids is 1. The zero-order valence-electron chi connectivity index (χ0n) is 15.8. The number of aryl methyl sites for hydroxylation is 4. The quantitative estimate of drug-likeness (QED) is 0.778. The first-order valence-corrected chi connectivity index (χ1v) is 8.62. The van der Waals surface area contributed by atoms with E-state index < -0.39 is 5.91 Å². The lowest BCUT2D eigenvalue weighted by Crippen LogP contribution is -2.31. The van der Waals surface area contributed by atoms with E-state index in [1.165, 1.54) is 0 Å². The lowest BCUT2D eigenvalue weighted by molar-refractivity contribution is 0.0943. The Morgan fingerprint density at radius 1 is 1.19 bits per heavy atom. The maximum Gasteiger partial charge on any atom is 0.276 e. The summed E-state index contributed by atoms with van der Waals surface area (Å²) in [6.07, 6.45) is 0. The van der Waals surface area contributed by atoms with Crippen LogP contribution in [-0.4, -0.2) is 25.5 Å². The molecule has 1 amide bonds. The molecule has 0 radical (unpaired) electrons. The summed E-state index contributed by atoms with van der Waals surface area (Å²) in [5.74, 6) is -0.475. The van der Waals surface area contributed by atoms with Crippen molar-refractivity contribution < 1.29 is 4.79 Å². The Bertz CT molecular complexity index is 1060. The summed E-state index contributed by atoms with van der Waals surface area (Å²) in [5.41, 5.74) is 4.08. The normalized spacial score (nSPS) is 11.1. The number of nitrogens with one attached hydrogen (secondary N) is 1. The smallest absolute Gasteiger partial charge is 0.276 e. The van der Waals surface area contributed by atoms with Crippen molar-refractivity contribution in [1.29, 1.82) is 0 Å². The molecular formula is C19H23N5O2. The zero-order valence-corrected chi connectivity index (χ0v) is 15.8. The summed E-state index contributed by atoms with van der Waals surface area (Å²) in [5, 5.41) is 11.9. The Kier molecular flexibility index (Phi) is 4.63. The molecule has 1 aromatic carbocycles. The van der Waals surface area contributed by atoms with E-state index >= 15 is 0 Å². The van der Waals surface area contributed by atoms with Crippen LogP contribution in [-0.2, 0) is 20.1 Å². The van der Waals surface area contributed by atoms with Crippen molar-refractivity contribution in [2.24, 2.45) is 7.05 Å². The molecule has 7 heteroatoms. The van der Waals surface area contributed by atoms with E-state index in [1.807, 2.05) is 44.5 Å². The van der Waals surface area contributed by atoms with Crippen molar-refractivity contribution in [2.75, 3.05) is 0 Å². The van der Waals surface area contributed by atoms with E-state index in [4.69, 9.17) is 0 Å². The molecule has 26 heavy (non-hydrogen) atoms. The number of amides is 1. The fourth-order valence-electron chi connectivity index (χ4n) is 3.19. The molecule has 0 saturated carbocycles. The molecule has 2 heterocycles. The fraction of sp³-hybridized carbons (Fsp3) is 0.368. The molecule has 0 saturated heterocycles. The van der Waals surface area contributed by atoms with Crippen LogP contribution in [0.5, 0.6) is 0 Å². The van der Waals surface area contributed by atoms with Gasteiger partial charge in [-0.05, 0) is 39.8 Å². The minimum absolute atomic E-state index is 0.0937. The van der Waals surface area contributed by atoms with E-state index in [9.17, 15) is 9.59 Å². The van der Waals surface area contributed by atoms with Crippen molar-refractivity contribution in [2.45, 2.75) is 40.8 Å². The van der Waals surface area contributed by atoms with E-state index in [1.54, 1.807) is 17.8 Å². The van der Waals surface area contributed by atoms with E-state index in [-0.39, 0.29) is 11.1 Å². The second-order valence-corrected chi connectivity index (χ2v) is 6.47. The number of benzene rings is 1. The second kappa shape index (κ2) is 6.74. The average molecular weight is 353 g/mol. The Morgan fingerprint density at radius 3 is 2.58 bits per heavy atom. The van der Waals surface area contributed by atoms with Crippen LogP contribution in [0.2, 0.25) is 0 Å². The van der Waals surface area contributed by atoms with Crippen molar-refractivity contribution in [1.82, 2.24) is 24.9 Å². The molecule has 136 valence electrons. The largest absolute Gasteiger partial charge is 0.346 e. The van der Waals surface area contributed by atoms with Crippen molar-refractivity contribution in [3.63, 3.8) is 0 Å². The second-order valence-electron chi connectivity index (χ2n) is 6.47. The van der Waals surface area contributed by atoms with E-state index in [0.29, 0.717) is 17.4 Å². The minimum Gasteiger partial charge on any atom is -0.346 e. The number of hydrogen-bond acceptors (Lipinski definition) is 4. The number of nitrogens with zero attached hydrogens (tertiary/aromatic N) is 4. The highest BCUT2D eigenvalue weighted by Gasteiger charge is 2.18. The molecule has 0 unspecified atom stereocenters. The van der Waals surface area contributed by atoms with Gasteiger partial charge in [-0.2, -0.15) is 10.2 Å². The monoisotopic (exact) mass is 353 g/mol. The summed E-state index contributed by atoms with van der Waals surface area (Å²) in [6.45, 7) is 8.90. The number of rotatable bonds is 4. The molecule has 0 aliphatic carbocycles. The molecule has 0 atom stereocenters. The Morgan fingerprint density at radius 2 is 1.92 bits per heavy atom. The summed E-state index contributed by atoms with van der Waals surface area (Å²) >= 11 is 0. The standard InChI is InChI=1S/C19H23N5O2/c1-6-24-13(4)15(12(3)21-24)10-20-19(26)17-18(25)14-9-11(2)7-8-16(14)23(5)22-17/h7-9H,6,10H2,1-5H3,(H,20,26). The van der Waals surface area contributed by atoms with Gasteiger partial charge in [0, 0.05) is 31.4 Å². The first-order valence-electron chi connectivity index (χ1n) is 8.62. The number of fused-ring (bicyclic) bond motifs is 1. The fourth-order valence-corrected chi connectivity index (χ4v) is 3.19. The van der Waals surface area contributed by atoms with Crippen molar-refractivity contribution in [3.8, 4) is 0 Å². The van der Waals surface area contributed by atoms with Gasteiger partial charge in [-0.3, -0.25) is 19.0 Å². The topological polar surface area (TPSA) is 81.8 Å². The Labute approximate surface area is 151 Å². The Hall–Kier alpha value is -2.96. The van der Waals surface area contributed by atoms with Gasteiger partial charge in [-0.1, -0.05) is 11.6 Å². The third kappa shape index (κ3) is 3.00. The van der Waals surface area contributed by atoms with Gasteiger partial charge < -0.3 is 5.32 Å². The van der Waals surface area contributed by atoms with Gasteiger partial charge in [0.2, 0.25) is 5.43 Å². The van der Waals surface area contributed by atoms with Crippen LogP contribution < -0.4 is 10.7 Å². The molecule has 3 aromatic rings. The summed E-state index contributed by atoms with van der Waals surface area (Å²) in [4.78, 5) is 25.3. The molecule has 2 aromatic heterocycles. The average Bonchev–Trinajstić information content (AvgIpc) is 2.89. The van der Waals surface area contributed by atoms with Crippen LogP contribution in [0.4, 0.5) is 0 Å². The van der Waals surface area contributed by atoms with Gasteiger partial charge in [0.25, 0.3) is 5.91 Å². The molecule has 3 rings (SSSR count). The van der Waals surface area contributed by atoms with Crippen LogP contribution in [0.25, 0.3) is 10.9 Å². The maximum atomic E-state index is 12.7. The van der Waals surface area contributed by atoms with Gasteiger partial charge >= 0.3 is 0 Å². The van der Waals surface area contributed by atoms with Gasteiger partial charge in [0.15, 0.2) is 5.69 Å². The van der Waals surface area contributed by atoms with Crippen LogP contribution >= 0.6 is 0 Å². The highest BCUT2D eigenvalue weighted by molar-refractivity contribution is 5.95. The van der Waals surface area contributed by atoms with Gasteiger partial charge in [-0.25, -0.2) is 0 Å². The molecule has 0 aliphatic heterocycles. The van der Waals surface area contributed by atoms with Gasteiger partial charge in [-0.15, -0.1) is 0 Å². The van der Waals surface area contributed by atoms with E-state index in [0.717, 1.165) is 29.1 Å². The van der Waals surface area contributed by atoms with Crippen molar-refractivity contribution >= 4 is 16.8 Å². The predicted molar refractivity (Wildman–Crippen MR) is 100 cm³/mol. The maximum absolute atomic E-state index is 12.7. The molecule has 7 nitrogen and oxygen atoms in total. The molecule has 0 spiro atoms. The van der Waals surface area contributed by atoms with Crippen LogP contribution in [0.3, 0.4) is 0 Å². The molecular weight excluding hydrogens is 330 g/mol. The molecule has 0 aliphatic rings. The van der Waals surface area contributed by atoms with Crippen LogP contribution in [0.15, 0.2) is 23.0 Å². The van der Waals surface area contributed by atoms with Gasteiger partial charge in [0.1, 0.15) is 0 Å². The molecule has 0 bridgehead atoms. The lowest BCUT2D eigenvalue weighted by atomic mass is 10.1. The summed E-state index contributed by atoms with van der Waals surface area (Å²) in [6, 6.07) is 5.54. The van der Waals surface area contributed by atoms with E-state index in [2.05, 4.69) is 15.5 Å². The first-order chi connectivity index (χ1) is 12.3. The lowest BCUT2D eigenvalue weighted by Gasteiger charge is -2.09.